The Labute approximate surface area is 355 Å². The van der Waals surface area contributed by atoms with Crippen LogP contribution in [0, 0.1) is 0 Å². The van der Waals surface area contributed by atoms with Crippen LogP contribution >= 0.6 is 22.6 Å². The third-order valence-electron chi connectivity index (χ3n) is 11.1. The molecule has 8 heteroatoms. The molecule has 0 spiro atoms. The Morgan fingerprint density at radius 1 is 0.491 bits per heavy atom. The lowest BCUT2D eigenvalue weighted by molar-refractivity contribution is -0.150. The van der Waals surface area contributed by atoms with Gasteiger partial charge in [0.15, 0.2) is 0 Å². The fourth-order valence-electron chi connectivity index (χ4n) is 7.27. The van der Waals surface area contributed by atoms with Crippen LogP contribution in [0.3, 0.4) is 0 Å². The van der Waals surface area contributed by atoms with Gasteiger partial charge in [-0.3, -0.25) is 14.4 Å². The summed E-state index contributed by atoms with van der Waals surface area (Å²) in [6.07, 6.45) is 38.0. The molecule has 0 radical (unpaired) electrons. The fraction of sp³-hybridized carbons (Fsp3) is 0.936. The lowest BCUT2D eigenvalue weighted by Crippen LogP contribution is -2.31. The van der Waals surface area contributed by atoms with Gasteiger partial charge in [0.25, 0.3) is 0 Å². The van der Waals surface area contributed by atoms with Crippen molar-refractivity contribution in [2.24, 2.45) is 0 Å². The number of ether oxygens (including phenoxy) is 2. The molecule has 1 amide bonds. The highest BCUT2D eigenvalue weighted by Gasteiger charge is 2.15. The monoisotopic (exact) mass is 891 g/mol. The standard InChI is InChI=1S/C47H91IN2O5/c1-5-7-9-11-13-24-32-43-54-46(52)36-27-19-15-22-30-40-50(42-33-39-49(4)44(3)51)41-31-23-16-20-28-37-47(53)55-45(34-25-17-12-10-8-6-2)35-26-18-14-21-29-38-48/h45H,5-43H2,1-4H3. The molecule has 0 saturated heterocycles. The lowest BCUT2D eigenvalue weighted by atomic mass is 10.0. The summed E-state index contributed by atoms with van der Waals surface area (Å²) < 4.78 is 12.7. The average Bonchev–Trinajstić information content (AvgIpc) is 3.17. The van der Waals surface area contributed by atoms with E-state index in [9.17, 15) is 14.4 Å². The molecule has 0 fully saturated rings. The van der Waals surface area contributed by atoms with Gasteiger partial charge in [-0.25, -0.2) is 0 Å². The first-order chi connectivity index (χ1) is 26.8. The first-order valence-electron chi connectivity index (χ1n) is 23.7. The molecular formula is C47H91IN2O5. The summed E-state index contributed by atoms with van der Waals surface area (Å²) in [7, 11) is 1.89. The van der Waals surface area contributed by atoms with Gasteiger partial charge in [0, 0.05) is 33.4 Å². The van der Waals surface area contributed by atoms with Crippen LogP contribution in [0.25, 0.3) is 0 Å². The Hall–Kier alpha value is -0.900. The fourth-order valence-corrected chi connectivity index (χ4v) is 7.81. The maximum atomic E-state index is 12.8. The van der Waals surface area contributed by atoms with Gasteiger partial charge in [-0.2, -0.15) is 0 Å². The molecule has 1 atom stereocenters. The number of esters is 2. The number of alkyl halides is 1. The van der Waals surface area contributed by atoms with Crippen molar-refractivity contribution < 1.29 is 23.9 Å². The largest absolute Gasteiger partial charge is 0.466 e. The van der Waals surface area contributed by atoms with Gasteiger partial charge < -0.3 is 19.3 Å². The highest BCUT2D eigenvalue weighted by Crippen LogP contribution is 2.19. The zero-order valence-corrected chi connectivity index (χ0v) is 39.1. The minimum absolute atomic E-state index is 0.0151. The highest BCUT2D eigenvalue weighted by molar-refractivity contribution is 14.1. The van der Waals surface area contributed by atoms with Crippen molar-refractivity contribution in [1.82, 2.24) is 9.80 Å². The van der Waals surface area contributed by atoms with Crippen molar-refractivity contribution in [1.29, 1.82) is 0 Å². The van der Waals surface area contributed by atoms with Crippen LogP contribution in [-0.2, 0) is 23.9 Å². The first kappa shape index (κ1) is 54.1. The van der Waals surface area contributed by atoms with Crippen LogP contribution in [0.2, 0.25) is 0 Å². The zero-order chi connectivity index (χ0) is 40.5. The van der Waals surface area contributed by atoms with Crippen LogP contribution in [-0.4, -0.2) is 78.0 Å². The Morgan fingerprint density at radius 2 is 0.909 bits per heavy atom. The molecule has 0 aliphatic rings. The van der Waals surface area contributed by atoms with Gasteiger partial charge in [0.1, 0.15) is 6.10 Å². The van der Waals surface area contributed by atoms with E-state index in [1.165, 1.54) is 139 Å². The number of halogens is 1. The minimum atomic E-state index is -0.0290. The van der Waals surface area contributed by atoms with Crippen molar-refractivity contribution in [3.05, 3.63) is 0 Å². The molecule has 0 aliphatic carbocycles. The Bertz CT molecular complexity index is 843. The quantitative estimate of drug-likeness (QED) is 0.0263. The number of hydrogen-bond donors (Lipinski definition) is 0. The summed E-state index contributed by atoms with van der Waals surface area (Å²) in [6, 6.07) is 0. The molecule has 0 heterocycles. The number of amides is 1. The van der Waals surface area contributed by atoms with Gasteiger partial charge in [0.2, 0.25) is 5.91 Å². The van der Waals surface area contributed by atoms with Crippen LogP contribution in [0.15, 0.2) is 0 Å². The number of hydrogen-bond acceptors (Lipinski definition) is 6. The molecule has 0 aromatic carbocycles. The molecule has 0 aliphatic heterocycles. The topological polar surface area (TPSA) is 76.2 Å². The second kappa shape index (κ2) is 42.7. The van der Waals surface area contributed by atoms with Crippen LogP contribution in [0.1, 0.15) is 233 Å². The maximum absolute atomic E-state index is 12.8. The lowest BCUT2D eigenvalue weighted by Gasteiger charge is -2.24. The smallest absolute Gasteiger partial charge is 0.306 e. The third kappa shape index (κ3) is 39.7. The Balaban J connectivity index is 4.31. The van der Waals surface area contributed by atoms with E-state index in [2.05, 4.69) is 41.3 Å². The van der Waals surface area contributed by atoms with Crippen molar-refractivity contribution in [2.75, 3.05) is 44.3 Å². The first-order valence-corrected chi connectivity index (χ1v) is 25.2. The third-order valence-corrected chi connectivity index (χ3v) is 11.8. The van der Waals surface area contributed by atoms with Crippen LogP contribution in [0.4, 0.5) is 0 Å². The van der Waals surface area contributed by atoms with Crippen LogP contribution < -0.4 is 0 Å². The van der Waals surface area contributed by atoms with Crippen molar-refractivity contribution in [3.63, 3.8) is 0 Å². The SMILES string of the molecule is CCCCCCCCCOC(=O)CCCCCCCN(CCCCCCCC(=O)OC(CCCCCCCC)CCCCCCCI)CCCN(C)C(C)=O. The molecule has 0 N–H and O–H groups in total. The van der Waals surface area contributed by atoms with Crippen LogP contribution in [0.5, 0.6) is 0 Å². The van der Waals surface area contributed by atoms with E-state index >= 15 is 0 Å². The molecule has 55 heavy (non-hydrogen) atoms. The number of rotatable bonds is 43. The van der Waals surface area contributed by atoms with Gasteiger partial charge in [-0.05, 0) is 94.7 Å². The summed E-state index contributed by atoms with van der Waals surface area (Å²) in [4.78, 5) is 41.0. The van der Waals surface area contributed by atoms with Crippen molar-refractivity contribution in [3.8, 4) is 0 Å². The summed E-state index contributed by atoms with van der Waals surface area (Å²) in [5, 5.41) is 0. The Kier molecular flexibility index (Phi) is 42.0. The van der Waals surface area contributed by atoms with Gasteiger partial charge in [-0.1, -0.05) is 165 Å². The summed E-state index contributed by atoms with van der Waals surface area (Å²) >= 11 is 2.47. The molecule has 1 unspecified atom stereocenters. The number of unbranched alkanes of at least 4 members (excludes halogenated alkanes) is 23. The number of carbonyl (C=O) groups excluding carboxylic acids is 3. The summed E-state index contributed by atoms with van der Waals surface area (Å²) in [6.45, 7) is 10.7. The minimum Gasteiger partial charge on any atom is -0.466 e. The summed E-state index contributed by atoms with van der Waals surface area (Å²) in [5.74, 6) is 0.114. The molecule has 326 valence electrons. The van der Waals surface area contributed by atoms with Crippen molar-refractivity contribution in [2.45, 2.75) is 239 Å². The predicted molar refractivity (Wildman–Crippen MR) is 243 cm³/mol. The molecule has 0 aromatic rings. The van der Waals surface area contributed by atoms with Gasteiger partial charge in [-0.15, -0.1) is 0 Å². The van der Waals surface area contributed by atoms with Gasteiger partial charge in [0.05, 0.1) is 6.61 Å². The average molecular weight is 891 g/mol. The van der Waals surface area contributed by atoms with Crippen molar-refractivity contribution >= 4 is 40.4 Å². The molecule has 0 bridgehead atoms. The highest BCUT2D eigenvalue weighted by atomic mass is 127. The normalized spacial score (nSPS) is 12.0. The second-order valence-electron chi connectivity index (χ2n) is 16.4. The van der Waals surface area contributed by atoms with E-state index in [4.69, 9.17) is 9.47 Å². The van der Waals surface area contributed by atoms with E-state index in [1.807, 2.05) is 11.9 Å². The molecule has 7 nitrogen and oxygen atoms in total. The van der Waals surface area contributed by atoms with E-state index in [1.54, 1.807) is 6.92 Å². The van der Waals surface area contributed by atoms with E-state index in [0.717, 1.165) is 90.4 Å². The number of carbonyl (C=O) groups is 3. The van der Waals surface area contributed by atoms with E-state index < -0.39 is 0 Å². The zero-order valence-electron chi connectivity index (χ0n) is 37.0. The molecular weight excluding hydrogens is 799 g/mol. The summed E-state index contributed by atoms with van der Waals surface area (Å²) in [5.41, 5.74) is 0. The Morgan fingerprint density at radius 3 is 1.42 bits per heavy atom. The predicted octanol–water partition coefficient (Wildman–Crippen LogP) is 13.6. The second-order valence-corrected chi connectivity index (χ2v) is 17.5. The van der Waals surface area contributed by atoms with E-state index in [-0.39, 0.29) is 23.9 Å². The molecule has 0 saturated carbocycles. The maximum Gasteiger partial charge on any atom is 0.306 e. The molecule has 0 rings (SSSR count). The number of nitrogens with zero attached hydrogens (tertiary/aromatic N) is 2. The van der Waals surface area contributed by atoms with Gasteiger partial charge >= 0.3 is 11.9 Å². The molecule has 0 aromatic heterocycles. The van der Waals surface area contributed by atoms with E-state index in [0.29, 0.717) is 19.4 Å².